The van der Waals surface area contributed by atoms with Crippen LogP contribution in [0.25, 0.3) is 0 Å². The average molecular weight is 276 g/mol. The maximum atomic E-state index is 11.7. The fraction of sp³-hybridized carbons (Fsp3) is 0.357. The van der Waals surface area contributed by atoms with Gasteiger partial charge in [-0.3, -0.25) is 14.9 Å². The van der Waals surface area contributed by atoms with Crippen molar-refractivity contribution in [1.29, 1.82) is 0 Å². The Morgan fingerprint density at radius 2 is 2.05 bits per heavy atom. The highest BCUT2D eigenvalue weighted by atomic mass is 16.5. The number of hydrogen-bond acceptors (Lipinski definition) is 4. The molecule has 1 heterocycles. The van der Waals surface area contributed by atoms with Gasteiger partial charge in [-0.05, 0) is 18.9 Å². The molecule has 0 aromatic heterocycles. The van der Waals surface area contributed by atoms with Crippen molar-refractivity contribution in [3.05, 3.63) is 35.9 Å². The van der Waals surface area contributed by atoms with Crippen LogP contribution >= 0.6 is 0 Å². The van der Waals surface area contributed by atoms with Gasteiger partial charge in [0, 0.05) is 6.42 Å². The Labute approximate surface area is 116 Å². The topological polar surface area (TPSA) is 84.5 Å². The lowest BCUT2D eigenvalue weighted by molar-refractivity contribution is -0.138. The molecule has 6 nitrogen and oxygen atoms in total. The predicted molar refractivity (Wildman–Crippen MR) is 70.6 cm³/mol. The number of hydrogen-bond donors (Lipinski definition) is 2. The Kier molecular flexibility index (Phi) is 4.02. The number of benzene rings is 1. The average Bonchev–Trinajstić information content (AvgIpc) is 2.43. The van der Waals surface area contributed by atoms with Gasteiger partial charge in [-0.15, -0.1) is 0 Å². The third kappa shape index (κ3) is 3.34. The molecule has 6 heteroatoms. The van der Waals surface area contributed by atoms with Gasteiger partial charge in [0.25, 0.3) is 5.91 Å². The van der Waals surface area contributed by atoms with Gasteiger partial charge < -0.3 is 10.1 Å². The first-order valence-corrected chi connectivity index (χ1v) is 6.33. The summed E-state index contributed by atoms with van der Waals surface area (Å²) < 4.78 is 5.06. The summed E-state index contributed by atoms with van der Waals surface area (Å²) in [6, 6.07) is 9.23. The molecule has 0 spiro atoms. The van der Waals surface area contributed by atoms with Crippen LogP contribution in [0.2, 0.25) is 0 Å². The number of rotatable bonds is 3. The van der Waals surface area contributed by atoms with Crippen LogP contribution in [0.4, 0.5) is 4.79 Å². The predicted octanol–water partition coefficient (Wildman–Crippen LogP) is 1.11. The lowest BCUT2D eigenvalue weighted by Crippen LogP contribution is -2.61. The standard InChI is InChI=1S/C14H16N2O4/c1-14(8-7-11(17)15-12(14)18)16-13(19)20-9-10-5-3-2-4-6-10/h2-6H,7-9H2,1H3,(H,16,19)(H,15,17,18). The molecule has 20 heavy (non-hydrogen) atoms. The van der Waals surface area contributed by atoms with E-state index in [4.69, 9.17) is 4.74 Å². The number of piperidine rings is 1. The van der Waals surface area contributed by atoms with Crippen LogP contribution in [0.3, 0.4) is 0 Å². The highest BCUT2D eigenvalue weighted by Crippen LogP contribution is 2.17. The zero-order valence-corrected chi connectivity index (χ0v) is 11.1. The first kappa shape index (κ1) is 14.0. The van der Waals surface area contributed by atoms with E-state index in [9.17, 15) is 14.4 Å². The molecule has 1 aliphatic rings. The Bertz CT molecular complexity index is 529. The van der Waals surface area contributed by atoms with E-state index in [0.29, 0.717) is 0 Å². The Hall–Kier alpha value is -2.37. The van der Waals surface area contributed by atoms with Gasteiger partial charge in [0.1, 0.15) is 12.1 Å². The van der Waals surface area contributed by atoms with Gasteiger partial charge in [-0.1, -0.05) is 30.3 Å². The summed E-state index contributed by atoms with van der Waals surface area (Å²) in [5, 5.41) is 4.71. The molecule has 0 bridgehead atoms. The second kappa shape index (κ2) is 5.73. The Morgan fingerprint density at radius 3 is 2.70 bits per heavy atom. The van der Waals surface area contributed by atoms with Crippen molar-refractivity contribution >= 4 is 17.9 Å². The van der Waals surface area contributed by atoms with Crippen LogP contribution in [-0.4, -0.2) is 23.4 Å². The molecule has 0 aliphatic carbocycles. The van der Waals surface area contributed by atoms with Crippen molar-refractivity contribution in [2.24, 2.45) is 0 Å². The molecule has 1 atom stereocenters. The SMILES string of the molecule is CC1(NC(=O)OCc2ccccc2)CCC(=O)NC1=O. The molecule has 1 unspecified atom stereocenters. The van der Waals surface area contributed by atoms with E-state index in [-0.39, 0.29) is 25.4 Å². The summed E-state index contributed by atoms with van der Waals surface area (Å²) >= 11 is 0. The van der Waals surface area contributed by atoms with Gasteiger partial charge >= 0.3 is 6.09 Å². The van der Waals surface area contributed by atoms with Gasteiger partial charge in [-0.2, -0.15) is 0 Å². The summed E-state index contributed by atoms with van der Waals surface area (Å²) in [6.45, 7) is 1.70. The second-order valence-corrected chi connectivity index (χ2v) is 4.90. The number of alkyl carbamates (subject to hydrolysis) is 1. The van der Waals surface area contributed by atoms with Gasteiger partial charge in [0.05, 0.1) is 0 Å². The highest BCUT2D eigenvalue weighted by molar-refractivity contribution is 6.03. The number of ether oxygens (including phenoxy) is 1. The maximum Gasteiger partial charge on any atom is 0.408 e. The third-order valence-corrected chi connectivity index (χ3v) is 3.20. The molecule has 1 aromatic rings. The normalized spacial score (nSPS) is 22.1. The zero-order chi connectivity index (χ0) is 14.6. The van der Waals surface area contributed by atoms with E-state index in [1.807, 2.05) is 30.3 Å². The van der Waals surface area contributed by atoms with Crippen LogP contribution in [0.5, 0.6) is 0 Å². The van der Waals surface area contributed by atoms with Gasteiger partial charge in [-0.25, -0.2) is 4.79 Å². The molecule has 1 fully saturated rings. The number of carbonyl (C=O) groups excluding carboxylic acids is 3. The fourth-order valence-corrected chi connectivity index (χ4v) is 1.91. The minimum absolute atomic E-state index is 0.128. The summed E-state index contributed by atoms with van der Waals surface area (Å²) in [5.74, 6) is -0.836. The number of amides is 3. The van der Waals surface area contributed by atoms with Crippen molar-refractivity contribution in [3.63, 3.8) is 0 Å². The summed E-state index contributed by atoms with van der Waals surface area (Å²) in [5.41, 5.74) is -0.252. The minimum Gasteiger partial charge on any atom is -0.445 e. The Balaban J connectivity index is 1.88. The molecular formula is C14H16N2O4. The van der Waals surface area contributed by atoms with E-state index in [2.05, 4.69) is 10.6 Å². The maximum absolute atomic E-state index is 11.7. The molecule has 106 valence electrons. The summed E-state index contributed by atoms with van der Waals surface area (Å²) in [7, 11) is 0. The third-order valence-electron chi connectivity index (χ3n) is 3.20. The monoisotopic (exact) mass is 276 g/mol. The van der Waals surface area contributed by atoms with Crippen LogP contribution in [-0.2, 0) is 20.9 Å². The Morgan fingerprint density at radius 1 is 1.35 bits per heavy atom. The van der Waals surface area contributed by atoms with E-state index in [1.165, 1.54) is 0 Å². The number of nitrogens with one attached hydrogen (secondary N) is 2. The van der Waals surface area contributed by atoms with Crippen molar-refractivity contribution in [3.8, 4) is 0 Å². The van der Waals surface area contributed by atoms with Crippen LogP contribution in [0, 0.1) is 0 Å². The lowest BCUT2D eigenvalue weighted by Gasteiger charge is -2.31. The molecule has 3 amide bonds. The van der Waals surface area contributed by atoms with Crippen molar-refractivity contribution in [2.75, 3.05) is 0 Å². The van der Waals surface area contributed by atoms with Gasteiger partial charge in [0.2, 0.25) is 5.91 Å². The van der Waals surface area contributed by atoms with Crippen molar-refractivity contribution in [1.82, 2.24) is 10.6 Å². The van der Waals surface area contributed by atoms with E-state index >= 15 is 0 Å². The molecule has 1 aromatic carbocycles. The zero-order valence-electron chi connectivity index (χ0n) is 11.1. The van der Waals surface area contributed by atoms with Crippen molar-refractivity contribution < 1.29 is 19.1 Å². The lowest BCUT2D eigenvalue weighted by atomic mass is 9.91. The largest absolute Gasteiger partial charge is 0.445 e. The molecular weight excluding hydrogens is 260 g/mol. The van der Waals surface area contributed by atoms with E-state index in [1.54, 1.807) is 6.92 Å². The minimum atomic E-state index is -1.11. The first-order valence-electron chi connectivity index (χ1n) is 6.33. The summed E-state index contributed by atoms with van der Waals surface area (Å²) in [6.07, 6.45) is -0.222. The van der Waals surface area contributed by atoms with Crippen LogP contribution in [0.1, 0.15) is 25.3 Å². The number of carbonyl (C=O) groups is 3. The molecule has 0 radical (unpaired) electrons. The van der Waals surface area contributed by atoms with E-state index < -0.39 is 17.5 Å². The fourth-order valence-electron chi connectivity index (χ4n) is 1.91. The molecule has 2 N–H and O–H groups in total. The summed E-state index contributed by atoms with van der Waals surface area (Å²) in [4.78, 5) is 34.5. The van der Waals surface area contributed by atoms with Gasteiger partial charge in [0.15, 0.2) is 0 Å². The van der Waals surface area contributed by atoms with Crippen molar-refractivity contribution in [2.45, 2.75) is 31.9 Å². The molecule has 0 saturated carbocycles. The number of imide groups is 1. The van der Waals surface area contributed by atoms with E-state index in [0.717, 1.165) is 5.56 Å². The van der Waals surface area contributed by atoms with Crippen LogP contribution < -0.4 is 10.6 Å². The smallest absolute Gasteiger partial charge is 0.408 e. The highest BCUT2D eigenvalue weighted by Gasteiger charge is 2.40. The second-order valence-electron chi connectivity index (χ2n) is 4.90. The molecule has 1 saturated heterocycles. The molecule has 2 rings (SSSR count). The first-order chi connectivity index (χ1) is 9.49. The quantitative estimate of drug-likeness (QED) is 0.810. The van der Waals surface area contributed by atoms with Crippen LogP contribution in [0.15, 0.2) is 30.3 Å². The molecule has 1 aliphatic heterocycles.